The number of hydrogen-bond donors (Lipinski definition) is 2. The molecule has 0 saturated carbocycles. The second kappa shape index (κ2) is 7.89. The molecule has 1 unspecified atom stereocenters. The van der Waals surface area contributed by atoms with E-state index in [2.05, 4.69) is 21.2 Å². The Balaban J connectivity index is 2.74. The van der Waals surface area contributed by atoms with Gasteiger partial charge in [-0.1, -0.05) is 29.3 Å². The lowest BCUT2D eigenvalue weighted by atomic mass is 10.0. The Morgan fingerprint density at radius 2 is 2.15 bits per heavy atom. The Hall–Kier alpha value is -1.56. The van der Waals surface area contributed by atoms with Crippen molar-refractivity contribution in [1.29, 1.82) is 0 Å². The van der Waals surface area contributed by atoms with Gasteiger partial charge in [0.25, 0.3) is 5.91 Å². The fraction of sp³-hybridized carbons (Fsp3) is 0.429. The molecule has 5 nitrogen and oxygen atoms in total. The van der Waals surface area contributed by atoms with E-state index in [-0.39, 0.29) is 12.5 Å². The van der Waals surface area contributed by atoms with Crippen LogP contribution in [0.3, 0.4) is 0 Å². The maximum Gasteiger partial charge on any atom is 0.308 e. The van der Waals surface area contributed by atoms with Crippen molar-refractivity contribution in [3.05, 3.63) is 28.2 Å². The number of hydrogen-bond acceptors (Lipinski definition) is 3. The molecule has 1 rings (SSSR count). The average Bonchev–Trinajstić information content (AvgIpc) is 2.42. The molecule has 0 aliphatic carbocycles. The molecule has 6 heteroatoms. The van der Waals surface area contributed by atoms with Crippen molar-refractivity contribution in [1.82, 2.24) is 5.32 Å². The van der Waals surface area contributed by atoms with E-state index >= 15 is 0 Å². The van der Waals surface area contributed by atoms with Crippen LogP contribution in [0, 0.1) is 5.92 Å². The molecule has 0 spiro atoms. The van der Waals surface area contributed by atoms with Gasteiger partial charge in [0.15, 0.2) is 0 Å². The number of carboxylic acids is 1. The number of methoxy groups -OCH3 is 1. The van der Waals surface area contributed by atoms with Crippen LogP contribution in [0.1, 0.15) is 30.1 Å². The number of amides is 1. The molecule has 1 aromatic rings. The SMILES string of the molecule is CCCC(CNC(=O)c1ccc(Br)cc1OC)C(=O)O. The summed E-state index contributed by atoms with van der Waals surface area (Å²) in [6.45, 7) is 2.02. The third-order valence-electron chi connectivity index (χ3n) is 2.90. The first-order valence-corrected chi connectivity index (χ1v) is 7.13. The van der Waals surface area contributed by atoms with Gasteiger partial charge in [-0.15, -0.1) is 0 Å². The minimum absolute atomic E-state index is 0.112. The Labute approximate surface area is 126 Å². The smallest absolute Gasteiger partial charge is 0.308 e. The second-order valence-electron chi connectivity index (χ2n) is 4.38. The fourth-order valence-corrected chi connectivity index (χ4v) is 2.17. The zero-order chi connectivity index (χ0) is 15.1. The summed E-state index contributed by atoms with van der Waals surface area (Å²) in [7, 11) is 1.48. The molecule has 0 radical (unpaired) electrons. The summed E-state index contributed by atoms with van der Waals surface area (Å²) in [5.74, 6) is -1.35. The molecule has 0 aliphatic rings. The molecule has 110 valence electrons. The molecule has 0 aliphatic heterocycles. The summed E-state index contributed by atoms with van der Waals surface area (Å²) in [5.41, 5.74) is 0.385. The maximum atomic E-state index is 12.1. The molecule has 1 atom stereocenters. The molecule has 0 heterocycles. The number of halogens is 1. The normalized spacial score (nSPS) is 11.8. The Morgan fingerprint density at radius 1 is 1.45 bits per heavy atom. The van der Waals surface area contributed by atoms with Crippen LogP contribution in [-0.4, -0.2) is 30.6 Å². The molecule has 0 fully saturated rings. The number of carboxylic acid groups (broad SMARTS) is 1. The summed E-state index contributed by atoms with van der Waals surface area (Å²) in [5, 5.41) is 11.7. The first kappa shape index (κ1) is 16.5. The lowest BCUT2D eigenvalue weighted by Crippen LogP contribution is -2.33. The third-order valence-corrected chi connectivity index (χ3v) is 3.40. The van der Waals surface area contributed by atoms with E-state index in [1.165, 1.54) is 7.11 Å². The van der Waals surface area contributed by atoms with Crippen LogP contribution in [-0.2, 0) is 4.79 Å². The van der Waals surface area contributed by atoms with Gasteiger partial charge >= 0.3 is 5.97 Å². The highest BCUT2D eigenvalue weighted by Gasteiger charge is 2.19. The summed E-state index contributed by atoms with van der Waals surface area (Å²) >= 11 is 3.30. The minimum atomic E-state index is -0.894. The molecular weight excluding hydrogens is 326 g/mol. The van der Waals surface area contributed by atoms with E-state index < -0.39 is 11.9 Å². The van der Waals surface area contributed by atoms with Gasteiger partial charge in [0.2, 0.25) is 0 Å². The van der Waals surface area contributed by atoms with Gasteiger partial charge < -0.3 is 15.2 Å². The first-order valence-electron chi connectivity index (χ1n) is 6.34. The van der Waals surface area contributed by atoms with Gasteiger partial charge in [-0.3, -0.25) is 9.59 Å². The van der Waals surface area contributed by atoms with Crippen LogP contribution in [0.2, 0.25) is 0 Å². The number of ether oxygens (including phenoxy) is 1. The number of carbonyl (C=O) groups excluding carboxylic acids is 1. The van der Waals surface area contributed by atoms with Crippen molar-refractivity contribution in [2.45, 2.75) is 19.8 Å². The number of carbonyl (C=O) groups is 2. The largest absolute Gasteiger partial charge is 0.496 e. The highest BCUT2D eigenvalue weighted by Crippen LogP contribution is 2.23. The van der Waals surface area contributed by atoms with Crippen LogP contribution in [0.15, 0.2) is 22.7 Å². The maximum absolute atomic E-state index is 12.1. The molecule has 0 aromatic heterocycles. The molecule has 1 aromatic carbocycles. The molecule has 20 heavy (non-hydrogen) atoms. The number of aliphatic carboxylic acids is 1. The van der Waals surface area contributed by atoms with Crippen LogP contribution < -0.4 is 10.1 Å². The molecular formula is C14H18BrNO4. The van der Waals surface area contributed by atoms with Crippen molar-refractivity contribution >= 4 is 27.8 Å². The first-order chi connectivity index (χ1) is 9.49. The standard InChI is InChI=1S/C14H18BrNO4/c1-3-4-9(14(18)19)8-16-13(17)11-6-5-10(15)7-12(11)20-2/h5-7,9H,3-4,8H2,1-2H3,(H,16,17)(H,18,19). The average molecular weight is 344 g/mol. The molecule has 1 amide bonds. The van der Waals surface area contributed by atoms with E-state index in [1.54, 1.807) is 18.2 Å². The summed E-state index contributed by atoms with van der Waals surface area (Å²) in [6, 6.07) is 5.06. The highest BCUT2D eigenvalue weighted by molar-refractivity contribution is 9.10. The van der Waals surface area contributed by atoms with Gasteiger partial charge in [0.1, 0.15) is 5.75 Å². The topological polar surface area (TPSA) is 75.6 Å². The van der Waals surface area contributed by atoms with Crippen molar-refractivity contribution in [2.24, 2.45) is 5.92 Å². The lowest BCUT2D eigenvalue weighted by Gasteiger charge is -2.13. The predicted molar refractivity (Wildman–Crippen MR) is 79.1 cm³/mol. The Bertz CT molecular complexity index is 490. The van der Waals surface area contributed by atoms with Crippen molar-refractivity contribution in [2.75, 3.05) is 13.7 Å². The van der Waals surface area contributed by atoms with E-state index in [4.69, 9.17) is 9.84 Å². The zero-order valence-corrected chi connectivity index (χ0v) is 13.1. The van der Waals surface area contributed by atoms with E-state index in [1.807, 2.05) is 6.92 Å². The number of rotatable bonds is 7. The zero-order valence-electron chi connectivity index (χ0n) is 11.5. The van der Waals surface area contributed by atoms with E-state index in [9.17, 15) is 9.59 Å². The quantitative estimate of drug-likeness (QED) is 0.797. The fourth-order valence-electron chi connectivity index (χ4n) is 1.83. The van der Waals surface area contributed by atoms with Crippen LogP contribution >= 0.6 is 15.9 Å². The summed E-state index contributed by atoms with van der Waals surface area (Å²) < 4.78 is 5.95. The van der Waals surface area contributed by atoms with E-state index in [0.717, 1.165) is 10.9 Å². The summed E-state index contributed by atoms with van der Waals surface area (Å²) in [4.78, 5) is 23.1. The Morgan fingerprint density at radius 3 is 2.70 bits per heavy atom. The van der Waals surface area contributed by atoms with Gasteiger partial charge in [0, 0.05) is 11.0 Å². The summed E-state index contributed by atoms with van der Waals surface area (Å²) in [6.07, 6.45) is 1.29. The van der Waals surface area contributed by atoms with Crippen LogP contribution in [0.25, 0.3) is 0 Å². The predicted octanol–water partition coefficient (Wildman–Crippen LogP) is 2.69. The van der Waals surface area contributed by atoms with Gasteiger partial charge in [-0.2, -0.15) is 0 Å². The van der Waals surface area contributed by atoms with Gasteiger partial charge in [0.05, 0.1) is 18.6 Å². The molecule has 0 bridgehead atoms. The Kier molecular flexibility index (Phi) is 6.51. The molecule has 0 saturated heterocycles. The highest BCUT2D eigenvalue weighted by atomic mass is 79.9. The minimum Gasteiger partial charge on any atom is -0.496 e. The van der Waals surface area contributed by atoms with Crippen LogP contribution in [0.5, 0.6) is 5.75 Å². The number of nitrogens with one attached hydrogen (secondary N) is 1. The monoisotopic (exact) mass is 343 g/mol. The van der Waals surface area contributed by atoms with Crippen molar-refractivity contribution in [3.63, 3.8) is 0 Å². The van der Waals surface area contributed by atoms with Gasteiger partial charge in [-0.05, 0) is 24.6 Å². The van der Waals surface area contributed by atoms with E-state index in [0.29, 0.717) is 17.7 Å². The van der Waals surface area contributed by atoms with Crippen LogP contribution in [0.4, 0.5) is 0 Å². The van der Waals surface area contributed by atoms with Crippen molar-refractivity contribution < 1.29 is 19.4 Å². The third kappa shape index (κ3) is 4.52. The number of benzene rings is 1. The second-order valence-corrected chi connectivity index (χ2v) is 5.29. The van der Waals surface area contributed by atoms with Gasteiger partial charge in [-0.25, -0.2) is 0 Å². The lowest BCUT2D eigenvalue weighted by molar-refractivity contribution is -0.141. The molecule has 2 N–H and O–H groups in total. The van der Waals surface area contributed by atoms with Crippen molar-refractivity contribution in [3.8, 4) is 5.75 Å².